The van der Waals surface area contributed by atoms with E-state index in [1.54, 1.807) is 6.92 Å². The second-order valence-corrected chi connectivity index (χ2v) is 16.8. The number of benzene rings is 1. The maximum absolute atomic E-state index is 13.5. The largest absolute Gasteiger partial charge is 0.390 e. The van der Waals surface area contributed by atoms with Crippen molar-refractivity contribution in [1.29, 1.82) is 0 Å². The standard InChI is InChI=1S/C36H63N3O6S/c1-25(2)20-33(40)34(41)32(22-30-16-12-9-13-17-30)38-35(42)28(7)23-37-36(43)31(21-29-14-10-8-11-15-29)24-46(44,45)19-18-39(26(3)4)27(5)6/h8,10-11,14-15,25-28,30-34,40-41H,9,12-13,16-24H2,1-7H3,(H,37,43)(H,38,42)/t28-,31?,32+,33+,34-/m1/s1. The molecule has 1 fully saturated rings. The van der Waals surface area contributed by atoms with Gasteiger partial charge in [-0.1, -0.05) is 83.2 Å². The van der Waals surface area contributed by atoms with Crippen molar-refractivity contribution in [3.8, 4) is 0 Å². The molecule has 9 nitrogen and oxygen atoms in total. The van der Waals surface area contributed by atoms with Gasteiger partial charge in [0.25, 0.3) is 0 Å². The van der Waals surface area contributed by atoms with Gasteiger partial charge in [-0.05, 0) is 64.4 Å². The van der Waals surface area contributed by atoms with Gasteiger partial charge >= 0.3 is 0 Å². The lowest BCUT2D eigenvalue weighted by Gasteiger charge is -2.33. The van der Waals surface area contributed by atoms with Crippen molar-refractivity contribution in [1.82, 2.24) is 15.5 Å². The molecule has 2 rings (SSSR count). The molecule has 1 aliphatic rings. The molecule has 10 heteroatoms. The molecule has 2 amide bonds. The maximum Gasteiger partial charge on any atom is 0.224 e. The van der Waals surface area contributed by atoms with Gasteiger partial charge in [-0.3, -0.25) is 14.5 Å². The molecule has 4 N–H and O–H groups in total. The number of hydrogen-bond acceptors (Lipinski definition) is 7. The maximum atomic E-state index is 13.5. The van der Waals surface area contributed by atoms with Gasteiger partial charge in [0, 0.05) is 25.2 Å². The lowest BCUT2D eigenvalue weighted by molar-refractivity contribution is -0.128. The Kier molecular flexibility index (Phi) is 17.2. The van der Waals surface area contributed by atoms with Crippen molar-refractivity contribution in [2.45, 2.75) is 130 Å². The number of nitrogens with one attached hydrogen (secondary N) is 2. The number of amides is 2. The zero-order valence-electron chi connectivity index (χ0n) is 29.5. The van der Waals surface area contributed by atoms with Crippen LogP contribution in [0.3, 0.4) is 0 Å². The van der Waals surface area contributed by atoms with Crippen LogP contribution >= 0.6 is 0 Å². The summed E-state index contributed by atoms with van der Waals surface area (Å²) in [6.07, 6.45) is 4.82. The minimum atomic E-state index is -3.55. The fourth-order valence-corrected chi connectivity index (χ4v) is 8.18. The van der Waals surface area contributed by atoms with Crippen LogP contribution in [0.1, 0.15) is 99.0 Å². The van der Waals surface area contributed by atoms with E-state index in [2.05, 4.69) is 15.5 Å². The van der Waals surface area contributed by atoms with Crippen LogP contribution in [0.4, 0.5) is 0 Å². The van der Waals surface area contributed by atoms with E-state index in [0.717, 1.165) is 31.2 Å². The van der Waals surface area contributed by atoms with Crippen LogP contribution in [-0.4, -0.2) is 90.3 Å². The van der Waals surface area contributed by atoms with Gasteiger partial charge in [-0.2, -0.15) is 0 Å². The first-order valence-electron chi connectivity index (χ1n) is 17.5. The molecule has 0 saturated heterocycles. The zero-order chi connectivity index (χ0) is 34.4. The molecule has 0 spiro atoms. The summed E-state index contributed by atoms with van der Waals surface area (Å²) in [5.74, 6) is -1.87. The van der Waals surface area contributed by atoms with Crippen molar-refractivity contribution >= 4 is 21.7 Å². The first kappa shape index (κ1) is 40.2. The van der Waals surface area contributed by atoms with Crippen molar-refractivity contribution in [3.63, 3.8) is 0 Å². The average Bonchev–Trinajstić information content (AvgIpc) is 2.98. The molecule has 0 aliphatic heterocycles. The summed E-state index contributed by atoms with van der Waals surface area (Å²) in [4.78, 5) is 29.0. The van der Waals surface area contributed by atoms with E-state index in [1.807, 2.05) is 71.9 Å². The van der Waals surface area contributed by atoms with Crippen LogP contribution in [0.2, 0.25) is 0 Å². The Morgan fingerprint density at radius 1 is 0.913 bits per heavy atom. The van der Waals surface area contributed by atoms with Crippen LogP contribution in [0.25, 0.3) is 0 Å². The fraction of sp³-hybridized carbons (Fsp3) is 0.778. The monoisotopic (exact) mass is 665 g/mol. The third kappa shape index (κ3) is 14.4. The highest BCUT2D eigenvalue weighted by molar-refractivity contribution is 7.91. The lowest BCUT2D eigenvalue weighted by Crippen LogP contribution is -2.52. The number of nitrogens with zero attached hydrogens (tertiary/aromatic N) is 1. The summed E-state index contributed by atoms with van der Waals surface area (Å²) in [6, 6.07) is 9.19. The first-order chi connectivity index (χ1) is 21.6. The summed E-state index contributed by atoms with van der Waals surface area (Å²) in [6.45, 7) is 14.3. The number of hydrogen-bond donors (Lipinski definition) is 4. The molecule has 0 heterocycles. The molecule has 1 aromatic rings. The summed E-state index contributed by atoms with van der Waals surface area (Å²) in [5.41, 5.74) is 0.870. The van der Waals surface area contributed by atoms with Crippen molar-refractivity contribution in [3.05, 3.63) is 35.9 Å². The Labute approximate surface area is 279 Å². The van der Waals surface area contributed by atoms with Crippen LogP contribution in [0, 0.1) is 23.7 Å². The van der Waals surface area contributed by atoms with E-state index in [1.165, 1.54) is 6.42 Å². The number of carbonyl (C=O) groups excluding carboxylic acids is 2. The molecule has 5 atom stereocenters. The highest BCUT2D eigenvalue weighted by Crippen LogP contribution is 2.29. The normalized spacial score (nSPS) is 18.0. The molecule has 1 unspecified atom stereocenters. The molecule has 1 aromatic carbocycles. The summed E-state index contributed by atoms with van der Waals surface area (Å²) in [7, 11) is -3.55. The number of aliphatic hydroxyl groups excluding tert-OH is 2. The molecular formula is C36H63N3O6S. The number of carbonyl (C=O) groups is 2. The Bertz CT molecular complexity index is 1130. The lowest BCUT2D eigenvalue weighted by atomic mass is 9.82. The van der Waals surface area contributed by atoms with E-state index in [9.17, 15) is 28.2 Å². The fourth-order valence-electron chi connectivity index (χ4n) is 6.64. The topological polar surface area (TPSA) is 136 Å². The van der Waals surface area contributed by atoms with E-state index in [-0.39, 0.29) is 48.4 Å². The highest BCUT2D eigenvalue weighted by atomic mass is 32.2. The number of aliphatic hydroxyl groups is 2. The minimum Gasteiger partial charge on any atom is -0.390 e. The second-order valence-electron chi connectivity index (χ2n) is 14.6. The van der Waals surface area contributed by atoms with Crippen LogP contribution in [0.5, 0.6) is 0 Å². The van der Waals surface area contributed by atoms with E-state index >= 15 is 0 Å². The van der Waals surface area contributed by atoms with Crippen LogP contribution in [0.15, 0.2) is 30.3 Å². The third-order valence-corrected chi connectivity index (χ3v) is 11.0. The Hall–Kier alpha value is -2.01. The highest BCUT2D eigenvalue weighted by Gasteiger charge is 2.33. The van der Waals surface area contributed by atoms with Gasteiger partial charge in [-0.15, -0.1) is 0 Å². The van der Waals surface area contributed by atoms with Gasteiger partial charge in [0.2, 0.25) is 11.8 Å². The SMILES string of the molecule is CC(C)C[C@H](O)[C@H](O)[C@H](CC1CCCCC1)NC(=O)[C@H](C)CNC(=O)C(Cc1ccccc1)CS(=O)(=O)CCN(C(C)C)C(C)C. The average molecular weight is 666 g/mol. The predicted molar refractivity (Wildman–Crippen MR) is 186 cm³/mol. The Balaban J connectivity index is 2.09. The Morgan fingerprint density at radius 2 is 1.52 bits per heavy atom. The first-order valence-corrected chi connectivity index (χ1v) is 19.4. The van der Waals surface area contributed by atoms with Crippen molar-refractivity contribution in [2.75, 3.05) is 24.6 Å². The van der Waals surface area contributed by atoms with Gasteiger partial charge in [0.05, 0.1) is 35.5 Å². The number of rotatable bonds is 20. The van der Waals surface area contributed by atoms with Crippen LogP contribution in [-0.2, 0) is 25.8 Å². The molecule has 0 radical (unpaired) electrons. The number of sulfone groups is 1. The quantitative estimate of drug-likeness (QED) is 0.163. The van der Waals surface area contributed by atoms with Gasteiger partial charge in [0.15, 0.2) is 9.84 Å². The molecule has 46 heavy (non-hydrogen) atoms. The van der Waals surface area contributed by atoms with Crippen LogP contribution < -0.4 is 10.6 Å². The van der Waals surface area contributed by atoms with E-state index in [0.29, 0.717) is 25.3 Å². The van der Waals surface area contributed by atoms with Crippen molar-refractivity contribution < 1.29 is 28.2 Å². The predicted octanol–water partition coefficient (Wildman–Crippen LogP) is 4.35. The van der Waals surface area contributed by atoms with Gasteiger partial charge in [0.1, 0.15) is 6.10 Å². The van der Waals surface area contributed by atoms with Gasteiger partial charge in [-0.25, -0.2) is 8.42 Å². The van der Waals surface area contributed by atoms with Crippen molar-refractivity contribution in [2.24, 2.45) is 23.7 Å². The smallest absolute Gasteiger partial charge is 0.224 e. The molecule has 1 aliphatic carbocycles. The Morgan fingerprint density at radius 3 is 2.09 bits per heavy atom. The zero-order valence-corrected chi connectivity index (χ0v) is 30.3. The molecule has 1 saturated carbocycles. The molecule has 0 bridgehead atoms. The summed E-state index contributed by atoms with van der Waals surface area (Å²) >= 11 is 0. The summed E-state index contributed by atoms with van der Waals surface area (Å²) < 4.78 is 26.6. The summed E-state index contributed by atoms with van der Waals surface area (Å²) in [5, 5.41) is 27.6. The molecule has 0 aromatic heterocycles. The third-order valence-electron chi connectivity index (χ3n) is 9.33. The molecule has 264 valence electrons. The second kappa shape index (κ2) is 19.7. The van der Waals surface area contributed by atoms with E-state index < -0.39 is 45.8 Å². The minimum absolute atomic E-state index is 0.0330. The molecular weight excluding hydrogens is 602 g/mol. The van der Waals surface area contributed by atoms with Gasteiger partial charge < -0.3 is 20.8 Å². The van der Waals surface area contributed by atoms with E-state index in [4.69, 9.17) is 0 Å².